The van der Waals surface area contributed by atoms with E-state index in [1.807, 2.05) is 24.3 Å². The molecule has 0 aliphatic rings. The van der Waals surface area contributed by atoms with Crippen LogP contribution in [0.1, 0.15) is 31.9 Å². The summed E-state index contributed by atoms with van der Waals surface area (Å²) in [4.78, 5) is 28.2. The van der Waals surface area contributed by atoms with Crippen molar-refractivity contribution in [3.63, 3.8) is 0 Å². The number of carbonyl (C=O) groups is 2. The maximum absolute atomic E-state index is 12.5. The Bertz CT molecular complexity index is 1090. The summed E-state index contributed by atoms with van der Waals surface area (Å²) in [7, 11) is 1.35. The Balaban J connectivity index is 1.70. The highest BCUT2D eigenvalue weighted by Crippen LogP contribution is 2.35. The summed E-state index contributed by atoms with van der Waals surface area (Å²) in [6.07, 6.45) is 1.79. The van der Waals surface area contributed by atoms with Crippen LogP contribution in [0.4, 0.5) is 16.2 Å². The summed E-state index contributed by atoms with van der Waals surface area (Å²) in [5, 5.41) is 5.54. The number of rotatable bonds is 6. The molecule has 0 saturated carbocycles. The first-order valence-electron chi connectivity index (χ1n) is 10.2. The number of ether oxygens (including phenoxy) is 2. The van der Waals surface area contributed by atoms with E-state index in [-0.39, 0.29) is 17.8 Å². The van der Waals surface area contributed by atoms with Crippen molar-refractivity contribution in [2.45, 2.75) is 32.6 Å². The molecule has 0 aliphatic carbocycles. The average Bonchev–Trinajstić information content (AvgIpc) is 2.76. The van der Waals surface area contributed by atoms with Gasteiger partial charge in [0.1, 0.15) is 11.4 Å². The lowest BCUT2D eigenvalue weighted by molar-refractivity contribution is -0.139. The monoisotopic (exact) mass is 433 g/mol. The van der Waals surface area contributed by atoms with Gasteiger partial charge < -0.3 is 20.1 Å². The van der Waals surface area contributed by atoms with E-state index >= 15 is 0 Å². The Kier molecular flexibility index (Phi) is 7.10. The van der Waals surface area contributed by atoms with Crippen LogP contribution in [-0.2, 0) is 21.4 Å². The largest absolute Gasteiger partial charge is 0.469 e. The molecule has 0 radical (unpaired) electrons. The van der Waals surface area contributed by atoms with E-state index < -0.39 is 6.03 Å². The number of hydrogen-bond acceptors (Lipinski definition) is 5. The number of aromatic nitrogens is 1. The second kappa shape index (κ2) is 9.96. The number of benzene rings is 2. The molecule has 3 rings (SSSR count). The van der Waals surface area contributed by atoms with Crippen LogP contribution in [0.15, 0.2) is 66.9 Å². The highest BCUT2D eigenvalue weighted by atomic mass is 16.5. The van der Waals surface area contributed by atoms with Gasteiger partial charge in [-0.05, 0) is 41.3 Å². The zero-order valence-electron chi connectivity index (χ0n) is 18.6. The van der Waals surface area contributed by atoms with Gasteiger partial charge in [0.25, 0.3) is 0 Å². The van der Waals surface area contributed by atoms with Gasteiger partial charge in [-0.1, -0.05) is 51.1 Å². The van der Waals surface area contributed by atoms with Gasteiger partial charge in [0.05, 0.1) is 13.5 Å². The fourth-order valence-electron chi connectivity index (χ4n) is 3.08. The minimum atomic E-state index is -0.437. The standard InChI is InChI=1S/C25H27N3O4/c1-25(2,3)19-8-5-6-10-21(19)32-23-20(9-7-15-26-23)28-24(30)27-18-13-11-17(12-14-18)16-22(29)31-4/h5-15H,16H2,1-4H3,(H2,27,28,30). The molecule has 0 aliphatic heterocycles. The summed E-state index contributed by atoms with van der Waals surface area (Å²) >= 11 is 0. The molecule has 166 valence electrons. The molecule has 0 fully saturated rings. The Labute approximate surface area is 187 Å². The molecule has 0 spiro atoms. The summed E-state index contributed by atoms with van der Waals surface area (Å²) in [5.74, 6) is 0.664. The molecular formula is C25H27N3O4. The van der Waals surface area contributed by atoms with E-state index in [9.17, 15) is 9.59 Å². The third kappa shape index (κ3) is 6.07. The number of para-hydroxylation sites is 1. The Morgan fingerprint density at radius 1 is 0.938 bits per heavy atom. The maximum atomic E-state index is 12.5. The van der Waals surface area contributed by atoms with Crippen molar-refractivity contribution < 1.29 is 19.1 Å². The van der Waals surface area contributed by atoms with Gasteiger partial charge in [-0.2, -0.15) is 0 Å². The molecule has 2 aromatic carbocycles. The van der Waals surface area contributed by atoms with Crippen LogP contribution < -0.4 is 15.4 Å². The Hall–Kier alpha value is -3.87. The molecule has 3 aromatic rings. The summed E-state index contributed by atoms with van der Waals surface area (Å²) < 4.78 is 10.7. The number of pyridine rings is 1. The summed E-state index contributed by atoms with van der Waals surface area (Å²) in [5.41, 5.74) is 2.74. The van der Waals surface area contributed by atoms with E-state index in [0.29, 0.717) is 23.0 Å². The topological polar surface area (TPSA) is 89.5 Å². The lowest BCUT2D eigenvalue weighted by atomic mass is 9.86. The number of anilines is 2. The predicted molar refractivity (Wildman–Crippen MR) is 124 cm³/mol. The fraction of sp³-hybridized carbons (Fsp3) is 0.240. The van der Waals surface area contributed by atoms with Gasteiger partial charge in [0.2, 0.25) is 5.88 Å². The second-order valence-electron chi connectivity index (χ2n) is 8.23. The van der Waals surface area contributed by atoms with Crippen LogP contribution in [0, 0.1) is 0 Å². The van der Waals surface area contributed by atoms with E-state index in [0.717, 1.165) is 11.1 Å². The fourth-order valence-corrected chi connectivity index (χ4v) is 3.08. The quantitative estimate of drug-likeness (QED) is 0.499. The van der Waals surface area contributed by atoms with Crippen molar-refractivity contribution >= 4 is 23.4 Å². The van der Waals surface area contributed by atoms with Crippen molar-refractivity contribution in [3.8, 4) is 11.6 Å². The van der Waals surface area contributed by atoms with E-state index in [4.69, 9.17) is 4.74 Å². The van der Waals surface area contributed by atoms with Gasteiger partial charge in [-0.15, -0.1) is 0 Å². The minimum Gasteiger partial charge on any atom is -0.469 e. The van der Waals surface area contributed by atoms with Crippen molar-refractivity contribution in [1.82, 2.24) is 4.98 Å². The highest BCUT2D eigenvalue weighted by Gasteiger charge is 2.20. The van der Waals surface area contributed by atoms with Gasteiger partial charge >= 0.3 is 12.0 Å². The molecule has 0 unspecified atom stereocenters. The SMILES string of the molecule is COC(=O)Cc1ccc(NC(=O)Nc2cccnc2Oc2ccccc2C(C)(C)C)cc1. The molecule has 2 N–H and O–H groups in total. The molecule has 0 bridgehead atoms. The zero-order chi connectivity index (χ0) is 23.1. The molecule has 0 saturated heterocycles. The third-order valence-corrected chi connectivity index (χ3v) is 4.71. The van der Waals surface area contributed by atoms with E-state index in [1.54, 1.807) is 42.6 Å². The van der Waals surface area contributed by atoms with Gasteiger partial charge in [0, 0.05) is 17.4 Å². The molecule has 7 heteroatoms. The minimum absolute atomic E-state index is 0.115. The van der Waals surface area contributed by atoms with Crippen LogP contribution in [-0.4, -0.2) is 24.1 Å². The Morgan fingerprint density at radius 2 is 1.66 bits per heavy atom. The van der Waals surface area contributed by atoms with Gasteiger partial charge in [-0.3, -0.25) is 4.79 Å². The first kappa shape index (κ1) is 22.8. The second-order valence-corrected chi connectivity index (χ2v) is 8.23. The summed E-state index contributed by atoms with van der Waals surface area (Å²) in [6.45, 7) is 6.32. The smallest absolute Gasteiger partial charge is 0.323 e. The first-order valence-corrected chi connectivity index (χ1v) is 10.2. The number of carbonyl (C=O) groups excluding carboxylic acids is 2. The van der Waals surface area contributed by atoms with Gasteiger partial charge in [0.15, 0.2) is 0 Å². The van der Waals surface area contributed by atoms with E-state index in [1.165, 1.54) is 7.11 Å². The molecule has 7 nitrogen and oxygen atoms in total. The lowest BCUT2D eigenvalue weighted by Crippen LogP contribution is -2.20. The maximum Gasteiger partial charge on any atom is 0.323 e. The number of urea groups is 1. The van der Waals surface area contributed by atoms with Crippen molar-refractivity contribution in [2.24, 2.45) is 0 Å². The molecule has 32 heavy (non-hydrogen) atoms. The number of nitrogens with zero attached hydrogens (tertiary/aromatic N) is 1. The number of hydrogen-bond donors (Lipinski definition) is 2. The number of esters is 1. The van der Waals surface area contributed by atoms with Crippen LogP contribution in [0.25, 0.3) is 0 Å². The van der Waals surface area contributed by atoms with E-state index in [2.05, 4.69) is 41.1 Å². The van der Waals surface area contributed by atoms with Gasteiger partial charge in [-0.25, -0.2) is 9.78 Å². The third-order valence-electron chi connectivity index (χ3n) is 4.71. The average molecular weight is 434 g/mol. The highest BCUT2D eigenvalue weighted by molar-refractivity contribution is 6.00. The zero-order valence-corrected chi connectivity index (χ0v) is 18.6. The number of amides is 2. The molecular weight excluding hydrogens is 406 g/mol. The van der Waals surface area contributed by atoms with Crippen molar-refractivity contribution in [3.05, 3.63) is 78.0 Å². The van der Waals surface area contributed by atoms with Crippen LogP contribution >= 0.6 is 0 Å². The summed E-state index contributed by atoms with van der Waals surface area (Å²) in [6, 6.07) is 17.7. The molecule has 1 aromatic heterocycles. The number of nitrogens with one attached hydrogen (secondary N) is 2. The van der Waals surface area contributed by atoms with Crippen LogP contribution in [0.2, 0.25) is 0 Å². The normalized spacial score (nSPS) is 10.9. The Morgan fingerprint density at radius 3 is 2.34 bits per heavy atom. The molecule has 2 amide bonds. The van der Waals surface area contributed by atoms with Crippen LogP contribution in [0.5, 0.6) is 11.6 Å². The van der Waals surface area contributed by atoms with Crippen LogP contribution in [0.3, 0.4) is 0 Å². The lowest BCUT2D eigenvalue weighted by Gasteiger charge is -2.22. The number of methoxy groups -OCH3 is 1. The molecule has 1 heterocycles. The first-order chi connectivity index (χ1) is 15.3. The van der Waals surface area contributed by atoms with Crippen molar-refractivity contribution in [1.29, 1.82) is 0 Å². The van der Waals surface area contributed by atoms with Crippen molar-refractivity contribution in [2.75, 3.05) is 17.7 Å². The predicted octanol–water partition coefficient (Wildman–Crippen LogP) is 5.53. The molecule has 0 atom stereocenters.